The third kappa shape index (κ3) is 3.34. The monoisotopic (exact) mass is 362 g/mol. The number of amides is 1. The number of pyridine rings is 1. The van der Waals surface area contributed by atoms with Crippen LogP contribution in [0.1, 0.15) is 53.1 Å². The summed E-state index contributed by atoms with van der Waals surface area (Å²) in [6, 6.07) is 10.5. The molecule has 0 aliphatic carbocycles. The van der Waals surface area contributed by atoms with Crippen molar-refractivity contribution in [3.05, 3.63) is 59.2 Å². The molecule has 1 saturated heterocycles. The third-order valence-electron chi connectivity index (χ3n) is 5.71. The van der Waals surface area contributed by atoms with Crippen molar-refractivity contribution in [2.75, 3.05) is 13.1 Å². The lowest BCUT2D eigenvalue weighted by molar-refractivity contribution is 0.0701. The van der Waals surface area contributed by atoms with Crippen molar-refractivity contribution < 1.29 is 4.79 Å². The van der Waals surface area contributed by atoms with E-state index in [0.29, 0.717) is 11.6 Å². The quantitative estimate of drug-likeness (QED) is 0.711. The Morgan fingerprint density at radius 3 is 2.70 bits per heavy atom. The predicted octanol–water partition coefficient (Wildman–Crippen LogP) is 3.86. The van der Waals surface area contributed by atoms with Gasteiger partial charge in [-0.2, -0.15) is 5.10 Å². The van der Waals surface area contributed by atoms with E-state index >= 15 is 0 Å². The number of nitrogens with zero attached hydrogens (tertiary/aromatic N) is 4. The van der Waals surface area contributed by atoms with E-state index in [-0.39, 0.29) is 5.91 Å². The van der Waals surface area contributed by atoms with Crippen molar-refractivity contribution in [1.29, 1.82) is 0 Å². The third-order valence-corrected chi connectivity index (χ3v) is 5.71. The van der Waals surface area contributed by atoms with Gasteiger partial charge in [-0.05, 0) is 49.3 Å². The van der Waals surface area contributed by atoms with E-state index in [1.807, 2.05) is 24.2 Å². The molecule has 1 aliphatic heterocycles. The minimum Gasteiger partial charge on any atom is -0.337 e. The maximum Gasteiger partial charge on any atom is 0.272 e. The molecule has 3 aromatic rings. The minimum atomic E-state index is 0.0884. The molecule has 0 atom stereocenters. The second kappa shape index (κ2) is 7.14. The predicted molar refractivity (Wildman–Crippen MR) is 107 cm³/mol. The topological polar surface area (TPSA) is 51.0 Å². The van der Waals surface area contributed by atoms with Crippen molar-refractivity contribution >= 4 is 16.7 Å². The molecule has 0 radical (unpaired) electrons. The molecule has 27 heavy (non-hydrogen) atoms. The highest BCUT2D eigenvalue weighted by molar-refractivity contribution is 5.92. The van der Waals surface area contributed by atoms with Gasteiger partial charge in [0.1, 0.15) is 5.69 Å². The molecule has 2 aromatic heterocycles. The van der Waals surface area contributed by atoms with Crippen molar-refractivity contribution in [2.24, 2.45) is 7.05 Å². The summed E-state index contributed by atoms with van der Waals surface area (Å²) in [7, 11) is 1.85. The fourth-order valence-corrected chi connectivity index (χ4v) is 4.01. The Bertz CT molecular complexity index is 983. The Morgan fingerprint density at radius 2 is 2.00 bits per heavy atom. The zero-order chi connectivity index (χ0) is 19.0. The Morgan fingerprint density at radius 1 is 1.22 bits per heavy atom. The van der Waals surface area contributed by atoms with Crippen LogP contribution in [0.5, 0.6) is 0 Å². The Hall–Kier alpha value is -2.69. The standard InChI is InChI=1S/C22H26N4O/c1-4-18-12-21(25(3)24-18)22(27)26-10-8-16(9-11-26)20-13-19-15(2)6-5-7-17(19)14-23-20/h5-7,12-14,16H,4,8-11H2,1-3H3. The molecular weight excluding hydrogens is 336 g/mol. The van der Waals surface area contributed by atoms with Crippen LogP contribution in [-0.4, -0.2) is 38.7 Å². The molecule has 0 N–H and O–H groups in total. The van der Waals surface area contributed by atoms with E-state index in [1.54, 1.807) is 4.68 Å². The fraction of sp³-hybridized carbons (Fsp3) is 0.409. The first-order valence-corrected chi connectivity index (χ1v) is 9.74. The van der Waals surface area contributed by atoms with Crippen LogP contribution in [-0.2, 0) is 13.5 Å². The summed E-state index contributed by atoms with van der Waals surface area (Å²) in [4.78, 5) is 19.5. The number of benzene rings is 1. The minimum absolute atomic E-state index is 0.0884. The molecule has 5 heteroatoms. The van der Waals surface area contributed by atoms with Gasteiger partial charge in [0.05, 0.1) is 5.69 Å². The summed E-state index contributed by atoms with van der Waals surface area (Å²) >= 11 is 0. The van der Waals surface area contributed by atoms with Crippen LogP contribution in [0.15, 0.2) is 36.5 Å². The smallest absolute Gasteiger partial charge is 0.272 e. The van der Waals surface area contributed by atoms with Crippen LogP contribution >= 0.6 is 0 Å². The molecule has 5 nitrogen and oxygen atoms in total. The fourth-order valence-electron chi connectivity index (χ4n) is 4.01. The normalized spacial score (nSPS) is 15.4. The summed E-state index contributed by atoms with van der Waals surface area (Å²) in [6.45, 7) is 5.74. The highest BCUT2D eigenvalue weighted by Crippen LogP contribution is 2.30. The van der Waals surface area contributed by atoms with Gasteiger partial charge in [0.25, 0.3) is 5.91 Å². The second-order valence-electron chi connectivity index (χ2n) is 7.47. The zero-order valence-corrected chi connectivity index (χ0v) is 16.3. The van der Waals surface area contributed by atoms with Crippen LogP contribution in [0.4, 0.5) is 0 Å². The van der Waals surface area contributed by atoms with Gasteiger partial charge in [0.2, 0.25) is 0 Å². The number of likely N-dealkylation sites (tertiary alicyclic amines) is 1. The number of hydrogen-bond acceptors (Lipinski definition) is 3. The largest absolute Gasteiger partial charge is 0.337 e. The molecular formula is C22H26N4O. The average molecular weight is 362 g/mol. The lowest BCUT2D eigenvalue weighted by Gasteiger charge is -2.31. The highest BCUT2D eigenvalue weighted by atomic mass is 16.2. The van der Waals surface area contributed by atoms with Gasteiger partial charge in [-0.25, -0.2) is 0 Å². The van der Waals surface area contributed by atoms with Crippen LogP contribution in [0.2, 0.25) is 0 Å². The van der Waals surface area contributed by atoms with Crippen LogP contribution in [0.3, 0.4) is 0 Å². The summed E-state index contributed by atoms with van der Waals surface area (Å²) in [5.41, 5.74) is 4.08. The number of fused-ring (bicyclic) bond motifs is 1. The van der Waals surface area contributed by atoms with Gasteiger partial charge in [-0.15, -0.1) is 0 Å². The van der Waals surface area contributed by atoms with Gasteiger partial charge < -0.3 is 4.90 Å². The van der Waals surface area contributed by atoms with E-state index in [2.05, 4.69) is 43.2 Å². The SMILES string of the molecule is CCc1cc(C(=O)N2CCC(c3cc4c(C)cccc4cn3)CC2)n(C)n1. The summed E-state index contributed by atoms with van der Waals surface area (Å²) in [6.07, 6.45) is 4.73. The van der Waals surface area contributed by atoms with E-state index in [1.165, 1.54) is 16.3 Å². The van der Waals surface area contributed by atoms with Crippen molar-refractivity contribution in [1.82, 2.24) is 19.7 Å². The van der Waals surface area contributed by atoms with E-state index in [4.69, 9.17) is 4.98 Å². The number of hydrogen-bond donors (Lipinski definition) is 0. The molecule has 140 valence electrons. The molecule has 0 saturated carbocycles. The molecule has 0 spiro atoms. The number of aryl methyl sites for hydroxylation is 3. The molecule has 4 rings (SSSR count). The van der Waals surface area contributed by atoms with Crippen molar-refractivity contribution in [3.8, 4) is 0 Å². The van der Waals surface area contributed by atoms with Crippen LogP contribution in [0.25, 0.3) is 10.8 Å². The molecule has 0 unspecified atom stereocenters. The lowest BCUT2D eigenvalue weighted by atomic mass is 9.91. The second-order valence-corrected chi connectivity index (χ2v) is 7.47. The Labute approximate surface area is 160 Å². The van der Waals surface area contributed by atoms with Crippen molar-refractivity contribution in [3.63, 3.8) is 0 Å². The Kier molecular flexibility index (Phi) is 4.68. The van der Waals surface area contributed by atoms with Gasteiger partial charge in [-0.1, -0.05) is 25.1 Å². The molecule has 0 bridgehead atoms. The lowest BCUT2D eigenvalue weighted by Crippen LogP contribution is -2.38. The average Bonchev–Trinajstić information content (AvgIpc) is 3.08. The summed E-state index contributed by atoms with van der Waals surface area (Å²) in [5, 5.41) is 6.87. The first-order chi connectivity index (χ1) is 13.1. The number of carbonyl (C=O) groups excluding carboxylic acids is 1. The van der Waals surface area contributed by atoms with Gasteiger partial charge >= 0.3 is 0 Å². The Balaban J connectivity index is 1.48. The number of carbonyl (C=O) groups is 1. The molecule has 3 heterocycles. The van der Waals surface area contributed by atoms with Gasteiger partial charge in [-0.3, -0.25) is 14.5 Å². The number of aromatic nitrogens is 3. The molecule has 1 aliphatic rings. The molecule has 1 aromatic carbocycles. The number of rotatable bonds is 3. The van der Waals surface area contributed by atoms with Crippen LogP contribution < -0.4 is 0 Å². The highest BCUT2D eigenvalue weighted by Gasteiger charge is 2.27. The van der Waals surface area contributed by atoms with Crippen molar-refractivity contribution in [2.45, 2.75) is 39.0 Å². The van der Waals surface area contributed by atoms with Gasteiger partial charge in [0.15, 0.2) is 0 Å². The van der Waals surface area contributed by atoms with E-state index in [9.17, 15) is 4.79 Å². The van der Waals surface area contributed by atoms with E-state index in [0.717, 1.165) is 43.7 Å². The molecule has 1 fully saturated rings. The zero-order valence-electron chi connectivity index (χ0n) is 16.3. The van der Waals surface area contributed by atoms with E-state index < -0.39 is 0 Å². The number of piperidine rings is 1. The first kappa shape index (κ1) is 17.7. The van der Waals surface area contributed by atoms with Gasteiger partial charge in [0, 0.05) is 43.3 Å². The first-order valence-electron chi connectivity index (χ1n) is 9.74. The summed E-state index contributed by atoms with van der Waals surface area (Å²) in [5.74, 6) is 0.501. The maximum absolute atomic E-state index is 12.9. The van der Waals surface area contributed by atoms with Crippen LogP contribution in [0, 0.1) is 6.92 Å². The maximum atomic E-state index is 12.9. The summed E-state index contributed by atoms with van der Waals surface area (Å²) < 4.78 is 1.71. The molecule has 1 amide bonds.